The van der Waals surface area contributed by atoms with Gasteiger partial charge < -0.3 is 10.3 Å². The number of nitrogens with one attached hydrogen (secondary N) is 3. The molecule has 4 heterocycles. The fourth-order valence-corrected chi connectivity index (χ4v) is 5.65. The Hall–Kier alpha value is -4.54. The van der Waals surface area contributed by atoms with E-state index in [0.29, 0.717) is 12.0 Å². The molecule has 6 rings (SSSR count). The highest BCUT2D eigenvalue weighted by molar-refractivity contribution is 6.23. The number of aromatic amines is 1. The van der Waals surface area contributed by atoms with E-state index in [-0.39, 0.29) is 29.5 Å². The second-order valence-corrected chi connectivity index (χ2v) is 10.4. The molecule has 1 unspecified atom stereocenters. The molecule has 39 heavy (non-hydrogen) atoms. The third-order valence-electron chi connectivity index (χ3n) is 7.82. The van der Waals surface area contributed by atoms with Crippen molar-refractivity contribution in [2.24, 2.45) is 5.92 Å². The van der Waals surface area contributed by atoms with Crippen LogP contribution < -0.4 is 16.2 Å². The van der Waals surface area contributed by atoms with Crippen molar-refractivity contribution in [2.45, 2.75) is 50.6 Å². The van der Waals surface area contributed by atoms with Crippen LogP contribution >= 0.6 is 0 Å². The van der Waals surface area contributed by atoms with E-state index in [0.717, 1.165) is 54.1 Å². The lowest BCUT2D eigenvalue weighted by Gasteiger charge is -2.35. The SMILES string of the molecule is O=C1CCC(N2C(=O)c3ccc(NCCCC4CC(n5cc(-c6cccc(=O)[nH]6)cn5)C4)cc3C2=O)C(=O)N1. The van der Waals surface area contributed by atoms with E-state index >= 15 is 0 Å². The zero-order valence-corrected chi connectivity index (χ0v) is 21.2. The molecule has 1 aromatic carbocycles. The predicted octanol–water partition coefficient (Wildman–Crippen LogP) is 2.48. The van der Waals surface area contributed by atoms with Crippen molar-refractivity contribution < 1.29 is 19.2 Å². The molecule has 3 N–H and O–H groups in total. The Kier molecular flexibility index (Phi) is 6.34. The predicted molar refractivity (Wildman–Crippen MR) is 141 cm³/mol. The minimum absolute atomic E-state index is 0.0943. The lowest BCUT2D eigenvalue weighted by atomic mass is 9.77. The number of pyridine rings is 1. The number of rotatable bonds is 8. The van der Waals surface area contributed by atoms with Gasteiger partial charge in [0, 0.05) is 36.5 Å². The van der Waals surface area contributed by atoms with Gasteiger partial charge in [0.2, 0.25) is 17.4 Å². The van der Waals surface area contributed by atoms with Gasteiger partial charge in [0.05, 0.1) is 29.1 Å². The number of anilines is 1. The average molecular weight is 529 g/mol. The van der Waals surface area contributed by atoms with Crippen molar-refractivity contribution in [3.63, 3.8) is 0 Å². The van der Waals surface area contributed by atoms with Crippen molar-refractivity contribution in [2.75, 3.05) is 11.9 Å². The van der Waals surface area contributed by atoms with E-state index in [1.165, 1.54) is 6.07 Å². The molecule has 2 aromatic heterocycles. The van der Waals surface area contributed by atoms with Gasteiger partial charge in [0.1, 0.15) is 6.04 Å². The highest BCUT2D eigenvalue weighted by Gasteiger charge is 2.44. The van der Waals surface area contributed by atoms with Gasteiger partial charge in [-0.1, -0.05) is 6.07 Å². The Balaban J connectivity index is 0.977. The van der Waals surface area contributed by atoms with Gasteiger partial charge >= 0.3 is 0 Å². The minimum Gasteiger partial charge on any atom is -0.385 e. The highest BCUT2D eigenvalue weighted by atomic mass is 16.2. The molecule has 3 aromatic rings. The van der Waals surface area contributed by atoms with Crippen LogP contribution in [-0.4, -0.2) is 55.9 Å². The minimum atomic E-state index is -0.964. The first-order valence-corrected chi connectivity index (χ1v) is 13.2. The smallest absolute Gasteiger partial charge is 0.262 e. The van der Waals surface area contributed by atoms with Crippen LogP contribution in [0.3, 0.4) is 0 Å². The molecule has 0 radical (unpaired) electrons. The molecule has 2 aliphatic heterocycles. The van der Waals surface area contributed by atoms with E-state index in [1.54, 1.807) is 30.5 Å². The number of aromatic nitrogens is 3. The quantitative estimate of drug-likeness (QED) is 0.301. The Morgan fingerprint density at radius 3 is 2.62 bits per heavy atom. The van der Waals surface area contributed by atoms with Crippen molar-refractivity contribution in [1.82, 2.24) is 25.0 Å². The third-order valence-corrected chi connectivity index (χ3v) is 7.82. The Morgan fingerprint density at radius 1 is 1.00 bits per heavy atom. The van der Waals surface area contributed by atoms with E-state index < -0.39 is 29.7 Å². The zero-order valence-electron chi connectivity index (χ0n) is 21.2. The highest BCUT2D eigenvalue weighted by Crippen LogP contribution is 2.40. The molecule has 1 saturated heterocycles. The average Bonchev–Trinajstić information content (AvgIpc) is 3.46. The lowest BCUT2D eigenvalue weighted by molar-refractivity contribution is -0.136. The summed E-state index contributed by atoms with van der Waals surface area (Å²) >= 11 is 0. The molecule has 4 amide bonds. The van der Waals surface area contributed by atoms with Gasteiger partial charge in [-0.15, -0.1) is 0 Å². The topological polar surface area (TPSA) is 146 Å². The Labute approximate surface area is 223 Å². The van der Waals surface area contributed by atoms with Crippen LogP contribution in [0.15, 0.2) is 53.6 Å². The molecular weight excluding hydrogens is 500 g/mol. The number of carbonyl (C=O) groups excluding carboxylic acids is 4. The summed E-state index contributed by atoms with van der Waals surface area (Å²) < 4.78 is 1.98. The molecule has 11 heteroatoms. The summed E-state index contributed by atoms with van der Waals surface area (Å²) in [6.07, 6.45) is 8.12. The summed E-state index contributed by atoms with van der Waals surface area (Å²) in [6.45, 7) is 0.728. The van der Waals surface area contributed by atoms with Crippen LogP contribution in [0, 0.1) is 5.92 Å². The zero-order chi connectivity index (χ0) is 27.1. The Bertz CT molecular complexity index is 1530. The molecule has 0 bridgehead atoms. The lowest BCUT2D eigenvalue weighted by Crippen LogP contribution is -2.54. The van der Waals surface area contributed by atoms with Crippen LogP contribution in [0.5, 0.6) is 0 Å². The number of carbonyl (C=O) groups is 4. The number of imide groups is 2. The standard InChI is InChI=1S/C28H28N6O5/c35-24-5-1-4-22(31-24)17-14-30-33(15-17)19-11-16(12-19)3-2-10-29-18-6-7-20-21(13-18)28(39)34(27(20)38)23-8-9-25(36)32-26(23)37/h1,4-7,13-16,19,23,29H,2-3,8-12H2,(H,31,35)(H,32,36,37). The number of hydrogen-bond donors (Lipinski definition) is 3. The van der Waals surface area contributed by atoms with Gasteiger partial charge in [-0.3, -0.25) is 38.9 Å². The van der Waals surface area contributed by atoms with Gasteiger partial charge in [-0.2, -0.15) is 5.10 Å². The normalized spacial score (nSPS) is 22.5. The van der Waals surface area contributed by atoms with Gasteiger partial charge in [0.25, 0.3) is 11.8 Å². The fourth-order valence-electron chi connectivity index (χ4n) is 5.65. The van der Waals surface area contributed by atoms with E-state index in [1.807, 2.05) is 16.9 Å². The summed E-state index contributed by atoms with van der Waals surface area (Å²) in [7, 11) is 0. The molecule has 3 aliphatic rings. The molecule has 1 saturated carbocycles. The summed E-state index contributed by atoms with van der Waals surface area (Å²) in [5.41, 5.74) is 2.82. The van der Waals surface area contributed by atoms with Gasteiger partial charge in [-0.05, 0) is 62.3 Å². The number of amides is 4. The fraction of sp³-hybridized carbons (Fsp3) is 0.357. The maximum Gasteiger partial charge on any atom is 0.262 e. The van der Waals surface area contributed by atoms with Crippen molar-refractivity contribution in [1.29, 1.82) is 0 Å². The summed E-state index contributed by atoms with van der Waals surface area (Å²) in [6, 6.07) is 9.53. The van der Waals surface area contributed by atoms with E-state index in [9.17, 15) is 24.0 Å². The molecule has 1 aliphatic carbocycles. The van der Waals surface area contributed by atoms with Crippen LogP contribution in [0.2, 0.25) is 0 Å². The number of piperidine rings is 1. The van der Waals surface area contributed by atoms with Crippen LogP contribution in [0.4, 0.5) is 5.69 Å². The van der Waals surface area contributed by atoms with Gasteiger partial charge in [-0.25, -0.2) is 0 Å². The third kappa shape index (κ3) is 4.75. The molecule has 0 spiro atoms. The molecular formula is C28H28N6O5. The monoisotopic (exact) mass is 528 g/mol. The first-order chi connectivity index (χ1) is 18.9. The van der Waals surface area contributed by atoms with Crippen molar-refractivity contribution in [3.05, 3.63) is 70.3 Å². The number of benzene rings is 1. The largest absolute Gasteiger partial charge is 0.385 e. The molecule has 200 valence electrons. The van der Waals surface area contributed by atoms with Gasteiger partial charge in [0.15, 0.2) is 0 Å². The van der Waals surface area contributed by atoms with Crippen LogP contribution in [0.25, 0.3) is 11.3 Å². The Morgan fingerprint density at radius 2 is 1.82 bits per heavy atom. The maximum atomic E-state index is 13.0. The van der Waals surface area contributed by atoms with E-state index in [4.69, 9.17) is 0 Å². The second kappa shape index (κ2) is 9.97. The van der Waals surface area contributed by atoms with Crippen LogP contribution in [0.1, 0.15) is 65.3 Å². The van der Waals surface area contributed by atoms with Crippen molar-refractivity contribution in [3.8, 4) is 11.3 Å². The summed E-state index contributed by atoms with van der Waals surface area (Å²) in [4.78, 5) is 64.9. The first-order valence-electron chi connectivity index (χ1n) is 13.2. The number of nitrogens with zero attached hydrogens (tertiary/aromatic N) is 3. The number of hydrogen-bond acceptors (Lipinski definition) is 7. The maximum absolute atomic E-state index is 13.0. The summed E-state index contributed by atoms with van der Waals surface area (Å²) in [5.74, 6) is -1.40. The van der Waals surface area contributed by atoms with E-state index in [2.05, 4.69) is 20.7 Å². The molecule has 11 nitrogen and oxygen atoms in total. The second-order valence-electron chi connectivity index (χ2n) is 10.4. The van der Waals surface area contributed by atoms with Crippen molar-refractivity contribution >= 4 is 29.3 Å². The van der Waals surface area contributed by atoms with Crippen LogP contribution in [-0.2, 0) is 9.59 Å². The summed E-state index contributed by atoms with van der Waals surface area (Å²) in [5, 5.41) is 10.0. The molecule has 2 fully saturated rings. The number of H-pyrrole nitrogens is 1. The molecule has 1 atom stereocenters. The first kappa shape index (κ1) is 24.8. The number of fused-ring (bicyclic) bond motifs is 1.